The number of nitrogens with one attached hydrogen (secondary N) is 1. The second-order valence-electron chi connectivity index (χ2n) is 5.92. The molecule has 0 aliphatic carbocycles. The third kappa shape index (κ3) is 5.07. The van der Waals surface area contributed by atoms with Crippen molar-refractivity contribution >= 4 is 34.8 Å². The van der Waals surface area contributed by atoms with Gasteiger partial charge in [-0.25, -0.2) is 0 Å². The van der Waals surface area contributed by atoms with Crippen molar-refractivity contribution in [2.45, 2.75) is 33.6 Å². The lowest BCUT2D eigenvalue weighted by Crippen LogP contribution is -2.32. The molecule has 25 heavy (non-hydrogen) atoms. The molecule has 0 saturated heterocycles. The number of benzene rings is 2. The van der Waals surface area contributed by atoms with Crippen molar-refractivity contribution in [2.24, 2.45) is 0 Å². The van der Waals surface area contributed by atoms with Crippen LogP contribution in [0.2, 0.25) is 5.02 Å². The number of anilines is 2. The summed E-state index contributed by atoms with van der Waals surface area (Å²) in [5.41, 5.74) is 3.56. The fraction of sp³-hybridized carbons (Fsp3) is 0.300. The molecule has 0 aliphatic heterocycles. The van der Waals surface area contributed by atoms with Crippen LogP contribution in [0.4, 0.5) is 11.4 Å². The molecule has 0 unspecified atom stereocenters. The van der Waals surface area contributed by atoms with Crippen LogP contribution >= 0.6 is 11.6 Å². The summed E-state index contributed by atoms with van der Waals surface area (Å²) in [6, 6.07) is 13.2. The lowest BCUT2D eigenvalue weighted by molar-refractivity contribution is -0.117. The molecule has 0 aromatic heterocycles. The summed E-state index contributed by atoms with van der Waals surface area (Å²) in [6.07, 6.45) is 1.04. The average Bonchev–Trinajstić information content (AvgIpc) is 2.58. The summed E-state index contributed by atoms with van der Waals surface area (Å²) in [5, 5.41) is 3.43. The highest BCUT2D eigenvalue weighted by molar-refractivity contribution is 6.31. The average molecular weight is 359 g/mol. The molecule has 0 spiro atoms. The van der Waals surface area contributed by atoms with E-state index in [9.17, 15) is 9.59 Å². The van der Waals surface area contributed by atoms with Gasteiger partial charge in [0.15, 0.2) is 0 Å². The highest BCUT2D eigenvalue weighted by atomic mass is 35.5. The number of aryl methyl sites for hydroxylation is 2. The highest BCUT2D eigenvalue weighted by Gasteiger charge is 2.16. The van der Waals surface area contributed by atoms with Gasteiger partial charge in [-0.05, 0) is 42.7 Å². The Bertz CT molecular complexity index is 774. The number of hydrogen-bond donors (Lipinski definition) is 1. The number of halogens is 1. The van der Waals surface area contributed by atoms with Gasteiger partial charge >= 0.3 is 0 Å². The molecular weight excluding hydrogens is 336 g/mol. The summed E-state index contributed by atoms with van der Waals surface area (Å²) in [4.78, 5) is 25.9. The van der Waals surface area contributed by atoms with Crippen LogP contribution < -0.4 is 10.2 Å². The predicted octanol–water partition coefficient (Wildman–Crippen LogP) is 4.59. The fourth-order valence-corrected chi connectivity index (χ4v) is 2.81. The maximum absolute atomic E-state index is 12.2. The monoisotopic (exact) mass is 358 g/mol. The van der Waals surface area contributed by atoms with E-state index in [2.05, 4.69) is 5.32 Å². The van der Waals surface area contributed by atoms with Crippen LogP contribution in [-0.4, -0.2) is 18.4 Å². The van der Waals surface area contributed by atoms with Gasteiger partial charge in [-0.2, -0.15) is 0 Å². The van der Waals surface area contributed by atoms with Crippen molar-refractivity contribution in [3.8, 4) is 0 Å². The molecule has 0 heterocycles. The van der Waals surface area contributed by atoms with Crippen LogP contribution in [0.25, 0.3) is 0 Å². The van der Waals surface area contributed by atoms with Gasteiger partial charge in [0.2, 0.25) is 11.8 Å². The molecule has 5 heteroatoms. The minimum absolute atomic E-state index is 0.0768. The van der Waals surface area contributed by atoms with E-state index in [0.29, 0.717) is 17.3 Å². The van der Waals surface area contributed by atoms with Crippen LogP contribution in [0, 0.1) is 6.92 Å². The van der Waals surface area contributed by atoms with Crippen molar-refractivity contribution in [1.82, 2.24) is 0 Å². The van der Waals surface area contributed by atoms with Crippen molar-refractivity contribution in [1.29, 1.82) is 0 Å². The van der Waals surface area contributed by atoms with Crippen molar-refractivity contribution < 1.29 is 9.59 Å². The van der Waals surface area contributed by atoms with E-state index in [4.69, 9.17) is 11.6 Å². The van der Waals surface area contributed by atoms with Crippen LogP contribution in [0.15, 0.2) is 42.5 Å². The largest absolute Gasteiger partial charge is 0.326 e. The minimum atomic E-state index is -0.153. The molecule has 0 radical (unpaired) electrons. The van der Waals surface area contributed by atoms with Gasteiger partial charge in [-0.15, -0.1) is 0 Å². The topological polar surface area (TPSA) is 49.4 Å². The SMILES string of the molecule is CCc1ccccc1N(CCC(=O)Nc1ccc(C)c(Cl)c1)C(C)=O. The second-order valence-corrected chi connectivity index (χ2v) is 6.32. The van der Waals surface area contributed by atoms with Gasteiger partial charge in [0.05, 0.1) is 0 Å². The lowest BCUT2D eigenvalue weighted by Gasteiger charge is -2.23. The third-order valence-corrected chi connectivity index (χ3v) is 4.47. The van der Waals surface area contributed by atoms with Crippen LogP contribution in [0.3, 0.4) is 0 Å². The summed E-state index contributed by atoms with van der Waals surface area (Å²) in [6.45, 7) is 5.80. The molecule has 0 saturated carbocycles. The third-order valence-electron chi connectivity index (χ3n) is 4.06. The Morgan fingerprint density at radius 1 is 1.16 bits per heavy atom. The summed E-state index contributed by atoms with van der Waals surface area (Å²) in [5.74, 6) is -0.229. The number of hydrogen-bond acceptors (Lipinski definition) is 2. The standard InChI is InChI=1S/C20H23ClN2O2/c1-4-16-7-5-6-8-19(16)23(15(3)24)12-11-20(25)22-17-10-9-14(2)18(21)13-17/h5-10,13H,4,11-12H2,1-3H3,(H,22,25). The Labute approximate surface area is 153 Å². The van der Waals surface area contributed by atoms with Crippen LogP contribution in [0.1, 0.15) is 31.4 Å². The number of rotatable bonds is 6. The molecule has 2 rings (SSSR count). The molecule has 0 atom stereocenters. The molecule has 2 amide bonds. The first-order valence-electron chi connectivity index (χ1n) is 8.34. The summed E-state index contributed by atoms with van der Waals surface area (Å²) in [7, 11) is 0. The maximum Gasteiger partial charge on any atom is 0.226 e. The zero-order valence-electron chi connectivity index (χ0n) is 14.8. The van der Waals surface area contributed by atoms with Gasteiger partial charge in [0.25, 0.3) is 0 Å². The molecule has 1 N–H and O–H groups in total. The van der Waals surface area contributed by atoms with Gasteiger partial charge < -0.3 is 10.2 Å². The van der Waals surface area contributed by atoms with E-state index in [-0.39, 0.29) is 18.2 Å². The Hall–Kier alpha value is -2.33. The van der Waals surface area contributed by atoms with Gasteiger partial charge in [-0.1, -0.05) is 42.8 Å². The molecule has 2 aromatic rings. The first-order valence-corrected chi connectivity index (χ1v) is 8.72. The lowest BCUT2D eigenvalue weighted by atomic mass is 10.1. The van der Waals surface area contributed by atoms with E-state index >= 15 is 0 Å². The zero-order chi connectivity index (χ0) is 18.4. The first-order chi connectivity index (χ1) is 11.9. The summed E-state index contributed by atoms with van der Waals surface area (Å²) < 4.78 is 0. The predicted molar refractivity (Wildman–Crippen MR) is 103 cm³/mol. The molecular formula is C20H23ClN2O2. The van der Waals surface area contributed by atoms with E-state index in [1.54, 1.807) is 11.0 Å². The summed E-state index contributed by atoms with van der Waals surface area (Å²) >= 11 is 6.08. The number of nitrogens with zero attached hydrogens (tertiary/aromatic N) is 1. The molecule has 0 fully saturated rings. The van der Waals surface area contributed by atoms with E-state index in [1.165, 1.54) is 6.92 Å². The Kier molecular flexibility index (Phi) is 6.59. The van der Waals surface area contributed by atoms with E-state index in [0.717, 1.165) is 23.2 Å². The molecule has 0 aliphatic rings. The Morgan fingerprint density at radius 2 is 1.88 bits per heavy atom. The second kappa shape index (κ2) is 8.67. The van der Waals surface area contributed by atoms with Crippen molar-refractivity contribution in [3.63, 3.8) is 0 Å². The smallest absolute Gasteiger partial charge is 0.226 e. The molecule has 2 aromatic carbocycles. The molecule has 0 bridgehead atoms. The fourth-order valence-electron chi connectivity index (χ4n) is 2.63. The molecule has 132 valence electrons. The van der Waals surface area contributed by atoms with E-state index < -0.39 is 0 Å². The van der Waals surface area contributed by atoms with Gasteiger partial charge in [-0.3, -0.25) is 9.59 Å². The molecule has 4 nitrogen and oxygen atoms in total. The van der Waals surface area contributed by atoms with Crippen LogP contribution in [-0.2, 0) is 16.0 Å². The quantitative estimate of drug-likeness (QED) is 0.820. The maximum atomic E-state index is 12.2. The van der Waals surface area contributed by atoms with Crippen molar-refractivity contribution in [3.05, 3.63) is 58.6 Å². The van der Waals surface area contributed by atoms with Gasteiger partial charge in [0, 0.05) is 36.3 Å². The first kappa shape index (κ1) is 19.0. The minimum Gasteiger partial charge on any atom is -0.326 e. The Balaban J connectivity index is 2.04. The number of carbonyl (C=O) groups is 2. The van der Waals surface area contributed by atoms with E-state index in [1.807, 2.05) is 50.2 Å². The number of carbonyl (C=O) groups excluding carboxylic acids is 2. The van der Waals surface area contributed by atoms with Crippen molar-refractivity contribution in [2.75, 3.05) is 16.8 Å². The Morgan fingerprint density at radius 3 is 2.52 bits per heavy atom. The normalized spacial score (nSPS) is 10.4. The number of amides is 2. The highest BCUT2D eigenvalue weighted by Crippen LogP contribution is 2.22. The van der Waals surface area contributed by atoms with Crippen LogP contribution in [0.5, 0.6) is 0 Å². The van der Waals surface area contributed by atoms with Gasteiger partial charge in [0.1, 0.15) is 0 Å². The number of para-hydroxylation sites is 1. The zero-order valence-corrected chi connectivity index (χ0v) is 15.6.